The lowest BCUT2D eigenvalue weighted by Crippen LogP contribution is -2.08. The van der Waals surface area contributed by atoms with Crippen LogP contribution in [0.4, 0.5) is 11.5 Å². The number of ether oxygens (including phenoxy) is 1. The average molecular weight is 258 g/mol. The van der Waals surface area contributed by atoms with E-state index in [1.54, 1.807) is 0 Å². The molecular weight excluding hydrogens is 240 g/mol. The first-order chi connectivity index (χ1) is 9.20. The monoisotopic (exact) mass is 258 g/mol. The third-order valence-electron chi connectivity index (χ3n) is 2.67. The number of aryl methyl sites for hydroxylation is 1. The zero-order valence-electron chi connectivity index (χ0n) is 11.2. The van der Waals surface area contributed by atoms with Gasteiger partial charge in [-0.05, 0) is 19.4 Å². The minimum atomic E-state index is 0.421. The summed E-state index contributed by atoms with van der Waals surface area (Å²) in [6, 6.07) is 8.27. The van der Waals surface area contributed by atoms with Gasteiger partial charge in [-0.25, -0.2) is 4.98 Å². The molecule has 0 aliphatic rings. The second kappa shape index (κ2) is 6.04. The number of nitrogens with one attached hydrogen (secondary N) is 1. The van der Waals surface area contributed by atoms with Crippen LogP contribution in [0, 0.1) is 6.92 Å². The van der Waals surface area contributed by atoms with Crippen LogP contribution in [0.5, 0.6) is 5.88 Å². The number of hydrogen-bond donors (Lipinski definition) is 2. The fourth-order valence-electron chi connectivity index (χ4n) is 1.78. The number of hydrogen-bond acceptors (Lipinski definition) is 5. The third kappa shape index (κ3) is 3.34. The summed E-state index contributed by atoms with van der Waals surface area (Å²) in [6.45, 7) is 5.14. The van der Waals surface area contributed by atoms with Gasteiger partial charge >= 0.3 is 0 Å². The van der Waals surface area contributed by atoms with E-state index in [0.29, 0.717) is 30.5 Å². The van der Waals surface area contributed by atoms with Crippen molar-refractivity contribution in [3.8, 4) is 5.88 Å². The highest BCUT2D eigenvalue weighted by Crippen LogP contribution is 2.24. The molecule has 5 nitrogen and oxygen atoms in total. The van der Waals surface area contributed by atoms with Gasteiger partial charge in [0, 0.05) is 6.54 Å². The van der Waals surface area contributed by atoms with Crippen molar-refractivity contribution in [1.82, 2.24) is 9.97 Å². The average Bonchev–Trinajstić information content (AvgIpc) is 2.40. The molecule has 0 amide bonds. The summed E-state index contributed by atoms with van der Waals surface area (Å²) in [4.78, 5) is 8.13. The molecule has 3 N–H and O–H groups in total. The van der Waals surface area contributed by atoms with Crippen LogP contribution < -0.4 is 15.8 Å². The molecule has 100 valence electrons. The van der Waals surface area contributed by atoms with Crippen LogP contribution in [0.2, 0.25) is 0 Å². The van der Waals surface area contributed by atoms with Gasteiger partial charge < -0.3 is 15.8 Å². The topological polar surface area (TPSA) is 73.1 Å². The van der Waals surface area contributed by atoms with Gasteiger partial charge in [-0.1, -0.05) is 29.8 Å². The molecule has 0 radical (unpaired) electrons. The summed E-state index contributed by atoms with van der Waals surface area (Å²) < 4.78 is 5.33. The molecule has 0 aliphatic carbocycles. The van der Waals surface area contributed by atoms with Crippen molar-refractivity contribution >= 4 is 11.5 Å². The van der Waals surface area contributed by atoms with Gasteiger partial charge in [-0.15, -0.1) is 0 Å². The molecule has 2 rings (SSSR count). The fourth-order valence-corrected chi connectivity index (χ4v) is 1.78. The zero-order valence-corrected chi connectivity index (χ0v) is 11.2. The van der Waals surface area contributed by atoms with Crippen LogP contribution in [0.15, 0.2) is 30.6 Å². The molecule has 0 aliphatic heterocycles. The Labute approximate surface area is 112 Å². The molecule has 0 spiro atoms. The van der Waals surface area contributed by atoms with Crippen LogP contribution in [0.3, 0.4) is 0 Å². The molecule has 0 saturated heterocycles. The van der Waals surface area contributed by atoms with Crippen molar-refractivity contribution in [2.75, 3.05) is 17.7 Å². The van der Waals surface area contributed by atoms with Crippen LogP contribution in [0.1, 0.15) is 18.1 Å². The summed E-state index contributed by atoms with van der Waals surface area (Å²) in [7, 11) is 0. The Bertz CT molecular complexity index is 557. The van der Waals surface area contributed by atoms with Crippen LogP contribution >= 0.6 is 0 Å². The Morgan fingerprint density at radius 3 is 2.89 bits per heavy atom. The molecule has 1 aromatic carbocycles. The Morgan fingerprint density at radius 1 is 1.32 bits per heavy atom. The maximum absolute atomic E-state index is 5.95. The molecule has 0 atom stereocenters. The summed E-state index contributed by atoms with van der Waals surface area (Å²) >= 11 is 0. The largest absolute Gasteiger partial charge is 0.476 e. The Kier molecular flexibility index (Phi) is 4.18. The predicted octanol–water partition coefficient (Wildman–Crippen LogP) is 2.38. The quantitative estimate of drug-likeness (QED) is 0.861. The normalized spacial score (nSPS) is 10.2. The van der Waals surface area contributed by atoms with E-state index in [1.165, 1.54) is 17.5 Å². The molecule has 1 heterocycles. The van der Waals surface area contributed by atoms with Gasteiger partial charge in [0.25, 0.3) is 0 Å². The van der Waals surface area contributed by atoms with E-state index < -0.39 is 0 Å². The lowest BCUT2D eigenvalue weighted by atomic mass is 10.1. The highest BCUT2D eigenvalue weighted by molar-refractivity contribution is 5.66. The maximum Gasteiger partial charge on any atom is 0.242 e. The van der Waals surface area contributed by atoms with Gasteiger partial charge in [-0.2, -0.15) is 4.98 Å². The van der Waals surface area contributed by atoms with Crippen molar-refractivity contribution in [2.45, 2.75) is 20.4 Å². The number of rotatable bonds is 5. The van der Waals surface area contributed by atoms with Crippen LogP contribution in [0.25, 0.3) is 0 Å². The van der Waals surface area contributed by atoms with E-state index in [-0.39, 0.29) is 0 Å². The lowest BCUT2D eigenvalue weighted by molar-refractivity contribution is 0.328. The highest BCUT2D eigenvalue weighted by atomic mass is 16.5. The molecule has 0 saturated carbocycles. The van der Waals surface area contributed by atoms with E-state index in [0.717, 1.165) is 0 Å². The lowest BCUT2D eigenvalue weighted by Gasteiger charge is -2.11. The molecule has 5 heteroatoms. The highest BCUT2D eigenvalue weighted by Gasteiger charge is 2.08. The second-order valence-corrected chi connectivity index (χ2v) is 4.22. The summed E-state index contributed by atoms with van der Waals surface area (Å²) in [5.41, 5.74) is 8.80. The van der Waals surface area contributed by atoms with Crippen molar-refractivity contribution < 1.29 is 4.74 Å². The van der Waals surface area contributed by atoms with Gasteiger partial charge in [0.1, 0.15) is 12.0 Å². The number of nitrogen functional groups attached to an aromatic ring is 1. The van der Waals surface area contributed by atoms with E-state index in [4.69, 9.17) is 10.5 Å². The minimum Gasteiger partial charge on any atom is -0.476 e. The predicted molar refractivity (Wildman–Crippen MR) is 76.1 cm³/mol. The number of nitrogens with two attached hydrogens (primary N) is 1. The Hall–Kier alpha value is -2.30. The van der Waals surface area contributed by atoms with E-state index >= 15 is 0 Å². The SMILES string of the molecule is CCOc1ncnc(NCc2cccc(C)c2)c1N. The Balaban J connectivity index is 2.09. The zero-order chi connectivity index (χ0) is 13.7. The van der Waals surface area contributed by atoms with Crippen LogP contribution in [-0.4, -0.2) is 16.6 Å². The van der Waals surface area contributed by atoms with E-state index in [9.17, 15) is 0 Å². The van der Waals surface area contributed by atoms with E-state index in [1.807, 2.05) is 13.0 Å². The van der Waals surface area contributed by atoms with Gasteiger partial charge in [0.15, 0.2) is 5.82 Å². The van der Waals surface area contributed by atoms with Gasteiger partial charge in [0.2, 0.25) is 5.88 Å². The molecular formula is C14H18N4O. The minimum absolute atomic E-state index is 0.421. The van der Waals surface area contributed by atoms with Gasteiger partial charge in [-0.3, -0.25) is 0 Å². The molecule has 19 heavy (non-hydrogen) atoms. The number of benzene rings is 1. The first-order valence-corrected chi connectivity index (χ1v) is 6.23. The maximum atomic E-state index is 5.95. The standard InChI is InChI=1S/C14H18N4O/c1-3-19-14-12(15)13(17-9-18-14)16-8-11-6-4-5-10(2)7-11/h4-7,9H,3,8,15H2,1-2H3,(H,16,17,18). The van der Waals surface area contributed by atoms with E-state index in [2.05, 4.69) is 40.4 Å². The first-order valence-electron chi connectivity index (χ1n) is 6.23. The molecule has 1 aromatic heterocycles. The molecule has 0 unspecified atom stereocenters. The smallest absolute Gasteiger partial charge is 0.242 e. The fraction of sp³-hybridized carbons (Fsp3) is 0.286. The van der Waals surface area contributed by atoms with Gasteiger partial charge in [0.05, 0.1) is 6.61 Å². The molecule has 0 bridgehead atoms. The number of nitrogens with zero attached hydrogens (tertiary/aromatic N) is 2. The summed E-state index contributed by atoms with van der Waals surface area (Å²) in [5.74, 6) is 1.02. The first kappa shape index (κ1) is 13.1. The molecule has 0 fully saturated rings. The van der Waals surface area contributed by atoms with Crippen molar-refractivity contribution in [3.63, 3.8) is 0 Å². The third-order valence-corrected chi connectivity index (χ3v) is 2.67. The van der Waals surface area contributed by atoms with Crippen molar-refractivity contribution in [2.24, 2.45) is 0 Å². The number of aromatic nitrogens is 2. The van der Waals surface area contributed by atoms with Crippen molar-refractivity contribution in [3.05, 3.63) is 41.7 Å². The van der Waals surface area contributed by atoms with Crippen molar-refractivity contribution in [1.29, 1.82) is 0 Å². The summed E-state index contributed by atoms with van der Waals surface area (Å²) in [6.07, 6.45) is 1.44. The molecule has 2 aromatic rings. The Morgan fingerprint density at radius 2 is 2.16 bits per heavy atom. The van der Waals surface area contributed by atoms with Crippen LogP contribution in [-0.2, 0) is 6.54 Å². The second-order valence-electron chi connectivity index (χ2n) is 4.22. The summed E-state index contributed by atoms with van der Waals surface area (Å²) in [5, 5.41) is 3.20. The number of anilines is 2.